The SMILES string of the molecule is Cc1[nH]nc2c(Nc3ccc4c(c3)OCO4)ncnc12. The Morgan fingerprint density at radius 2 is 2.05 bits per heavy atom. The van der Waals surface area contributed by atoms with Gasteiger partial charge < -0.3 is 14.8 Å². The first-order chi connectivity index (χ1) is 9.81. The maximum absolute atomic E-state index is 5.35. The Morgan fingerprint density at radius 1 is 1.15 bits per heavy atom. The molecule has 0 fully saturated rings. The third kappa shape index (κ3) is 1.63. The number of nitrogens with zero attached hydrogens (tertiary/aromatic N) is 3. The molecule has 2 N–H and O–H groups in total. The van der Waals surface area contributed by atoms with Gasteiger partial charge in [0.25, 0.3) is 0 Å². The Hall–Kier alpha value is -2.83. The number of fused-ring (bicyclic) bond motifs is 2. The molecule has 0 amide bonds. The van der Waals surface area contributed by atoms with Crippen molar-refractivity contribution in [3.8, 4) is 11.5 Å². The molecule has 3 aromatic rings. The summed E-state index contributed by atoms with van der Waals surface area (Å²) in [5.74, 6) is 2.12. The molecule has 0 atom stereocenters. The fraction of sp³-hybridized carbons (Fsp3) is 0.154. The van der Waals surface area contributed by atoms with Crippen molar-refractivity contribution in [2.45, 2.75) is 6.92 Å². The predicted molar refractivity (Wildman–Crippen MR) is 72.3 cm³/mol. The van der Waals surface area contributed by atoms with Gasteiger partial charge in [0.2, 0.25) is 6.79 Å². The van der Waals surface area contributed by atoms with Crippen LogP contribution >= 0.6 is 0 Å². The molecule has 100 valence electrons. The second-order valence-corrected chi connectivity index (χ2v) is 4.46. The Bertz CT molecular complexity index is 799. The highest BCUT2D eigenvalue weighted by Crippen LogP contribution is 2.35. The summed E-state index contributed by atoms with van der Waals surface area (Å²) in [6.07, 6.45) is 1.51. The largest absolute Gasteiger partial charge is 0.454 e. The van der Waals surface area contributed by atoms with Crippen molar-refractivity contribution >= 4 is 22.5 Å². The highest BCUT2D eigenvalue weighted by atomic mass is 16.7. The molecule has 0 saturated carbocycles. The number of hydrogen-bond acceptors (Lipinski definition) is 6. The van der Waals surface area contributed by atoms with E-state index in [1.807, 2.05) is 25.1 Å². The van der Waals surface area contributed by atoms with Gasteiger partial charge in [-0.2, -0.15) is 5.10 Å². The van der Waals surface area contributed by atoms with E-state index in [1.54, 1.807) is 0 Å². The number of rotatable bonds is 2. The molecule has 4 rings (SSSR count). The van der Waals surface area contributed by atoms with Crippen LogP contribution in [0, 0.1) is 6.92 Å². The summed E-state index contributed by atoms with van der Waals surface area (Å²) in [5.41, 5.74) is 3.29. The van der Waals surface area contributed by atoms with Crippen LogP contribution in [0.5, 0.6) is 11.5 Å². The molecule has 1 aromatic carbocycles. The molecule has 20 heavy (non-hydrogen) atoms. The van der Waals surface area contributed by atoms with E-state index in [0.717, 1.165) is 28.4 Å². The maximum atomic E-state index is 5.35. The smallest absolute Gasteiger partial charge is 0.231 e. The van der Waals surface area contributed by atoms with Gasteiger partial charge in [-0.3, -0.25) is 5.10 Å². The lowest BCUT2D eigenvalue weighted by atomic mass is 10.2. The zero-order valence-electron chi connectivity index (χ0n) is 10.7. The van der Waals surface area contributed by atoms with Crippen LogP contribution in [0.2, 0.25) is 0 Å². The molecule has 0 aliphatic carbocycles. The van der Waals surface area contributed by atoms with Gasteiger partial charge in [0, 0.05) is 11.8 Å². The standard InChI is InChI=1S/C13H11N5O2/c1-7-11-12(18-17-7)13(15-5-14-11)16-8-2-3-9-10(4-8)20-6-19-9/h2-5H,6H2,1H3,(H,17,18)(H,14,15,16). The van der Waals surface area contributed by atoms with Crippen LogP contribution in [-0.2, 0) is 0 Å². The molecule has 0 spiro atoms. The van der Waals surface area contributed by atoms with Crippen molar-refractivity contribution < 1.29 is 9.47 Å². The third-order valence-corrected chi connectivity index (χ3v) is 3.15. The zero-order valence-corrected chi connectivity index (χ0v) is 10.7. The number of hydrogen-bond donors (Lipinski definition) is 2. The first kappa shape index (κ1) is 11.0. The van der Waals surface area contributed by atoms with E-state index < -0.39 is 0 Å². The maximum Gasteiger partial charge on any atom is 0.231 e. The van der Waals surface area contributed by atoms with Crippen LogP contribution in [0.15, 0.2) is 24.5 Å². The van der Waals surface area contributed by atoms with Crippen LogP contribution in [0.25, 0.3) is 11.0 Å². The molecule has 7 nitrogen and oxygen atoms in total. The molecule has 1 aliphatic heterocycles. The lowest BCUT2D eigenvalue weighted by Crippen LogP contribution is -1.96. The molecular weight excluding hydrogens is 258 g/mol. The van der Waals surface area contributed by atoms with Crippen molar-refractivity contribution in [2.75, 3.05) is 12.1 Å². The van der Waals surface area contributed by atoms with Gasteiger partial charge in [-0.15, -0.1) is 0 Å². The number of benzene rings is 1. The van der Waals surface area contributed by atoms with Crippen LogP contribution in [-0.4, -0.2) is 27.0 Å². The molecule has 0 saturated heterocycles. The summed E-state index contributed by atoms with van der Waals surface area (Å²) < 4.78 is 10.6. The number of nitrogens with one attached hydrogen (secondary N) is 2. The van der Waals surface area contributed by atoms with Gasteiger partial charge in [0.1, 0.15) is 11.8 Å². The Morgan fingerprint density at radius 3 is 3.00 bits per heavy atom. The first-order valence-electron chi connectivity index (χ1n) is 6.13. The van der Waals surface area contributed by atoms with Crippen molar-refractivity contribution in [1.82, 2.24) is 20.2 Å². The Balaban J connectivity index is 1.74. The minimum absolute atomic E-state index is 0.259. The molecule has 0 radical (unpaired) electrons. The molecule has 7 heteroatoms. The van der Waals surface area contributed by atoms with E-state index in [9.17, 15) is 0 Å². The lowest BCUT2D eigenvalue weighted by Gasteiger charge is -2.06. The van der Waals surface area contributed by atoms with Gasteiger partial charge in [-0.05, 0) is 19.1 Å². The monoisotopic (exact) mass is 269 g/mol. The summed E-state index contributed by atoms with van der Waals surface area (Å²) in [6, 6.07) is 5.63. The summed E-state index contributed by atoms with van der Waals surface area (Å²) >= 11 is 0. The van der Waals surface area contributed by atoms with E-state index in [2.05, 4.69) is 25.5 Å². The van der Waals surface area contributed by atoms with Gasteiger partial charge in [0.05, 0.1) is 5.69 Å². The highest BCUT2D eigenvalue weighted by molar-refractivity contribution is 5.88. The molecular formula is C13H11N5O2. The van der Waals surface area contributed by atoms with Gasteiger partial charge in [-0.25, -0.2) is 9.97 Å². The van der Waals surface area contributed by atoms with Crippen molar-refractivity contribution in [2.24, 2.45) is 0 Å². The van der Waals surface area contributed by atoms with E-state index in [0.29, 0.717) is 11.3 Å². The Labute approximate surface area is 114 Å². The van der Waals surface area contributed by atoms with E-state index in [4.69, 9.17) is 9.47 Å². The minimum atomic E-state index is 0.259. The second-order valence-electron chi connectivity index (χ2n) is 4.46. The number of ether oxygens (including phenoxy) is 2. The van der Waals surface area contributed by atoms with Gasteiger partial charge >= 0.3 is 0 Å². The van der Waals surface area contributed by atoms with E-state index >= 15 is 0 Å². The lowest BCUT2D eigenvalue weighted by molar-refractivity contribution is 0.174. The summed E-state index contributed by atoms with van der Waals surface area (Å²) in [4.78, 5) is 8.44. The second kappa shape index (κ2) is 4.09. The molecule has 3 heterocycles. The summed E-state index contributed by atoms with van der Waals surface area (Å²) in [6.45, 7) is 2.18. The number of anilines is 2. The first-order valence-corrected chi connectivity index (χ1v) is 6.13. The van der Waals surface area contributed by atoms with Gasteiger partial charge in [-0.1, -0.05) is 0 Å². The number of H-pyrrole nitrogens is 1. The van der Waals surface area contributed by atoms with E-state index in [1.165, 1.54) is 6.33 Å². The zero-order chi connectivity index (χ0) is 13.5. The third-order valence-electron chi connectivity index (χ3n) is 3.15. The minimum Gasteiger partial charge on any atom is -0.454 e. The quantitative estimate of drug-likeness (QED) is 0.741. The molecule has 0 unspecified atom stereocenters. The fourth-order valence-electron chi connectivity index (χ4n) is 2.15. The average Bonchev–Trinajstić information content (AvgIpc) is 3.06. The fourth-order valence-corrected chi connectivity index (χ4v) is 2.15. The van der Waals surface area contributed by atoms with Gasteiger partial charge in [0.15, 0.2) is 22.8 Å². The van der Waals surface area contributed by atoms with Crippen LogP contribution in [0.4, 0.5) is 11.5 Å². The average molecular weight is 269 g/mol. The van der Waals surface area contributed by atoms with E-state index in [-0.39, 0.29) is 6.79 Å². The van der Waals surface area contributed by atoms with Crippen LogP contribution < -0.4 is 14.8 Å². The summed E-state index contributed by atoms with van der Waals surface area (Å²) in [7, 11) is 0. The number of aromatic amines is 1. The summed E-state index contributed by atoms with van der Waals surface area (Å²) in [5, 5.41) is 10.3. The van der Waals surface area contributed by atoms with Crippen molar-refractivity contribution in [3.05, 3.63) is 30.2 Å². The molecule has 2 aromatic heterocycles. The van der Waals surface area contributed by atoms with Crippen LogP contribution in [0.1, 0.15) is 5.69 Å². The topological polar surface area (TPSA) is 85.0 Å². The van der Waals surface area contributed by atoms with Crippen molar-refractivity contribution in [3.63, 3.8) is 0 Å². The van der Waals surface area contributed by atoms with Crippen LogP contribution in [0.3, 0.4) is 0 Å². The predicted octanol–water partition coefficient (Wildman–Crippen LogP) is 2.13. The Kier molecular flexibility index (Phi) is 2.26. The van der Waals surface area contributed by atoms with Crippen molar-refractivity contribution in [1.29, 1.82) is 0 Å². The molecule has 0 bridgehead atoms. The highest BCUT2D eigenvalue weighted by Gasteiger charge is 2.14. The molecule has 1 aliphatic rings. The normalized spacial score (nSPS) is 12.8. The number of aryl methyl sites for hydroxylation is 1. The number of aromatic nitrogens is 4.